The van der Waals surface area contributed by atoms with E-state index >= 15 is 0 Å². The van der Waals surface area contributed by atoms with Crippen molar-refractivity contribution in [3.63, 3.8) is 0 Å². The Hall–Kier alpha value is -1.99. The lowest BCUT2D eigenvalue weighted by Crippen LogP contribution is -2.13. The van der Waals surface area contributed by atoms with Gasteiger partial charge < -0.3 is 5.32 Å². The van der Waals surface area contributed by atoms with Crippen LogP contribution in [0, 0.1) is 0 Å². The zero-order valence-electron chi connectivity index (χ0n) is 11.6. The zero-order valence-corrected chi connectivity index (χ0v) is 13.2. The van der Waals surface area contributed by atoms with Gasteiger partial charge in [0.25, 0.3) is 5.91 Å². The van der Waals surface area contributed by atoms with Gasteiger partial charge in [-0.05, 0) is 26.0 Å². The first kappa shape index (κ1) is 14.0. The second-order valence-electron chi connectivity index (χ2n) is 4.78. The number of thiazole rings is 2. The first-order valence-corrected chi connectivity index (χ1v) is 8.20. The maximum atomic E-state index is 12.2. The average Bonchev–Trinajstić information content (AvgIpc) is 3.03. The lowest BCUT2D eigenvalue weighted by molar-refractivity contribution is 0.102. The first-order valence-electron chi connectivity index (χ1n) is 6.51. The van der Waals surface area contributed by atoms with Crippen LogP contribution in [-0.2, 0) is 0 Å². The van der Waals surface area contributed by atoms with Gasteiger partial charge in [-0.2, -0.15) is 0 Å². The molecule has 0 aliphatic rings. The summed E-state index contributed by atoms with van der Waals surface area (Å²) in [6.07, 6.45) is 0. The fourth-order valence-electron chi connectivity index (χ4n) is 1.78. The number of nitrogens with zero attached hydrogens (tertiary/aromatic N) is 2. The van der Waals surface area contributed by atoms with Gasteiger partial charge in [-0.25, -0.2) is 9.97 Å². The molecule has 1 aromatic carbocycles. The molecule has 0 fully saturated rings. The van der Waals surface area contributed by atoms with Crippen LogP contribution >= 0.6 is 22.7 Å². The second kappa shape index (κ2) is 5.79. The first-order chi connectivity index (χ1) is 10.1. The molecule has 0 atom stereocenters. The summed E-state index contributed by atoms with van der Waals surface area (Å²) < 4.78 is 1.05. The number of carbonyl (C=O) groups is 1. The van der Waals surface area contributed by atoms with Gasteiger partial charge in [-0.15, -0.1) is 11.3 Å². The molecule has 108 valence electrons. The molecule has 0 spiro atoms. The van der Waals surface area contributed by atoms with Crippen LogP contribution < -0.4 is 10.6 Å². The highest BCUT2D eigenvalue weighted by Crippen LogP contribution is 2.26. The van der Waals surface area contributed by atoms with Crippen molar-refractivity contribution in [3.05, 3.63) is 35.3 Å². The van der Waals surface area contributed by atoms with Crippen LogP contribution in [0.1, 0.15) is 24.3 Å². The Balaban J connectivity index is 1.74. The summed E-state index contributed by atoms with van der Waals surface area (Å²) in [5.74, 6) is -0.234. The standard InChI is InChI=1S/C14H14N4OS2/c1-8(2)15-13-17-10(7-20-13)12(19)18-14-16-9-5-3-4-6-11(9)21-14/h3-8H,1-2H3,(H,15,17)(H,16,18,19). The highest BCUT2D eigenvalue weighted by molar-refractivity contribution is 7.22. The number of benzene rings is 1. The van der Waals surface area contributed by atoms with Gasteiger partial charge in [0.05, 0.1) is 10.2 Å². The Bertz CT molecular complexity index is 745. The molecule has 0 bridgehead atoms. The number of fused-ring (bicyclic) bond motifs is 1. The maximum absolute atomic E-state index is 12.2. The van der Waals surface area contributed by atoms with Gasteiger partial charge in [0.1, 0.15) is 5.69 Å². The monoisotopic (exact) mass is 318 g/mol. The molecule has 0 aliphatic heterocycles. The summed E-state index contributed by atoms with van der Waals surface area (Å²) in [6, 6.07) is 8.08. The molecule has 0 unspecified atom stereocenters. The second-order valence-corrected chi connectivity index (χ2v) is 6.67. The highest BCUT2D eigenvalue weighted by Gasteiger charge is 2.13. The Morgan fingerprint density at radius 3 is 2.76 bits per heavy atom. The number of amides is 1. The molecular weight excluding hydrogens is 304 g/mol. The van der Waals surface area contributed by atoms with E-state index in [1.807, 2.05) is 38.1 Å². The zero-order chi connectivity index (χ0) is 14.8. The third-order valence-corrected chi connectivity index (χ3v) is 4.39. The van der Waals surface area contributed by atoms with Crippen molar-refractivity contribution >= 4 is 49.1 Å². The van der Waals surface area contributed by atoms with E-state index in [1.165, 1.54) is 22.7 Å². The number of aromatic nitrogens is 2. The van der Waals surface area contributed by atoms with Crippen molar-refractivity contribution in [3.8, 4) is 0 Å². The van der Waals surface area contributed by atoms with Crippen molar-refractivity contribution in [2.24, 2.45) is 0 Å². The van der Waals surface area contributed by atoms with Crippen LogP contribution in [0.4, 0.5) is 10.3 Å². The number of anilines is 2. The van der Waals surface area contributed by atoms with Crippen molar-refractivity contribution in [1.29, 1.82) is 0 Å². The van der Waals surface area contributed by atoms with Crippen LogP contribution in [0.3, 0.4) is 0 Å². The van der Waals surface area contributed by atoms with Crippen LogP contribution in [0.2, 0.25) is 0 Å². The summed E-state index contributed by atoms with van der Waals surface area (Å²) in [4.78, 5) is 20.8. The lowest BCUT2D eigenvalue weighted by atomic mass is 10.3. The minimum absolute atomic E-state index is 0.234. The molecule has 0 radical (unpaired) electrons. The van der Waals surface area contributed by atoms with Crippen LogP contribution in [0.5, 0.6) is 0 Å². The summed E-state index contributed by atoms with van der Waals surface area (Å²) in [5, 5.41) is 9.06. The molecule has 5 nitrogen and oxygen atoms in total. The van der Waals surface area contributed by atoms with Crippen LogP contribution in [0.25, 0.3) is 10.2 Å². The number of rotatable bonds is 4. The average molecular weight is 318 g/mol. The molecule has 7 heteroatoms. The van der Waals surface area contributed by atoms with Gasteiger partial charge in [-0.1, -0.05) is 23.5 Å². The van der Waals surface area contributed by atoms with Crippen molar-refractivity contribution < 1.29 is 4.79 Å². The predicted molar refractivity (Wildman–Crippen MR) is 88.4 cm³/mol. The van der Waals surface area contributed by atoms with Crippen LogP contribution in [-0.4, -0.2) is 21.9 Å². The van der Waals surface area contributed by atoms with Crippen molar-refractivity contribution in [1.82, 2.24) is 9.97 Å². The van der Waals surface area contributed by atoms with E-state index in [-0.39, 0.29) is 11.9 Å². The molecule has 3 aromatic rings. The summed E-state index contributed by atoms with van der Waals surface area (Å²) in [5.41, 5.74) is 1.29. The van der Waals surface area contributed by atoms with Gasteiger partial charge in [-0.3, -0.25) is 10.1 Å². The molecule has 2 heterocycles. The molecule has 2 aromatic heterocycles. The molecule has 1 amide bonds. The van der Waals surface area contributed by atoms with Crippen molar-refractivity contribution in [2.75, 3.05) is 10.6 Å². The number of nitrogens with one attached hydrogen (secondary N) is 2. The van der Waals surface area contributed by atoms with Crippen LogP contribution in [0.15, 0.2) is 29.6 Å². The quantitative estimate of drug-likeness (QED) is 0.767. The van der Waals surface area contributed by atoms with Gasteiger partial charge in [0.15, 0.2) is 10.3 Å². The predicted octanol–water partition coefficient (Wildman–Crippen LogP) is 3.83. The minimum atomic E-state index is -0.234. The topological polar surface area (TPSA) is 66.9 Å². The fraction of sp³-hybridized carbons (Fsp3) is 0.214. The van der Waals surface area contributed by atoms with E-state index in [0.717, 1.165) is 15.3 Å². The molecule has 0 saturated heterocycles. The molecule has 2 N–H and O–H groups in total. The number of carbonyl (C=O) groups excluding carboxylic acids is 1. The SMILES string of the molecule is CC(C)Nc1nc(C(=O)Nc2nc3ccccc3s2)cs1. The van der Waals surface area contributed by atoms with E-state index in [2.05, 4.69) is 20.6 Å². The highest BCUT2D eigenvalue weighted by atomic mass is 32.1. The Morgan fingerprint density at radius 2 is 2.00 bits per heavy atom. The number of hydrogen-bond acceptors (Lipinski definition) is 6. The molecular formula is C14H14N4OS2. The minimum Gasteiger partial charge on any atom is -0.359 e. The summed E-state index contributed by atoms with van der Waals surface area (Å²) >= 11 is 2.88. The molecule has 0 aliphatic carbocycles. The fourth-order valence-corrected chi connectivity index (χ4v) is 3.48. The third-order valence-electron chi connectivity index (χ3n) is 2.66. The number of hydrogen-bond donors (Lipinski definition) is 2. The Morgan fingerprint density at radius 1 is 1.19 bits per heavy atom. The smallest absolute Gasteiger partial charge is 0.276 e. The molecule has 3 rings (SSSR count). The van der Waals surface area contributed by atoms with E-state index < -0.39 is 0 Å². The maximum Gasteiger partial charge on any atom is 0.276 e. The molecule has 0 saturated carbocycles. The Labute approximate surface area is 130 Å². The summed E-state index contributed by atoms with van der Waals surface area (Å²) in [6.45, 7) is 4.06. The lowest BCUT2D eigenvalue weighted by Gasteiger charge is -2.04. The van der Waals surface area contributed by atoms with Gasteiger partial charge in [0, 0.05) is 11.4 Å². The number of para-hydroxylation sites is 1. The van der Waals surface area contributed by atoms with E-state index in [4.69, 9.17) is 0 Å². The van der Waals surface area contributed by atoms with E-state index in [9.17, 15) is 4.79 Å². The normalized spacial score (nSPS) is 11.0. The van der Waals surface area contributed by atoms with Gasteiger partial charge >= 0.3 is 0 Å². The Kier molecular flexibility index (Phi) is 3.85. The summed E-state index contributed by atoms with van der Waals surface area (Å²) in [7, 11) is 0. The van der Waals surface area contributed by atoms with E-state index in [0.29, 0.717) is 10.8 Å². The van der Waals surface area contributed by atoms with Crippen molar-refractivity contribution in [2.45, 2.75) is 19.9 Å². The largest absolute Gasteiger partial charge is 0.359 e. The molecule has 21 heavy (non-hydrogen) atoms. The van der Waals surface area contributed by atoms with Gasteiger partial charge in [0.2, 0.25) is 0 Å². The third kappa shape index (κ3) is 3.20. The van der Waals surface area contributed by atoms with E-state index in [1.54, 1.807) is 5.38 Å².